The number of ether oxygens (including phenoxy) is 1. The van der Waals surface area contributed by atoms with Crippen molar-refractivity contribution in [1.82, 2.24) is 9.38 Å². The number of thiazole rings is 1. The Balaban J connectivity index is 2.08. The van der Waals surface area contributed by atoms with Crippen molar-refractivity contribution >= 4 is 22.6 Å². The predicted molar refractivity (Wildman–Crippen MR) is 89.1 cm³/mol. The largest absolute Gasteiger partial charge is 0.494 e. The Labute approximate surface area is 133 Å². The third-order valence-corrected chi connectivity index (χ3v) is 4.70. The lowest BCUT2D eigenvalue weighted by Crippen LogP contribution is -1.96. The quantitative estimate of drug-likeness (QED) is 0.640. The van der Waals surface area contributed by atoms with E-state index in [0.717, 1.165) is 47.7 Å². The zero-order valence-electron chi connectivity index (χ0n) is 12.7. The summed E-state index contributed by atoms with van der Waals surface area (Å²) >= 11 is 1.63. The average Bonchev–Trinajstić information content (AvgIpc) is 3.11. The van der Waals surface area contributed by atoms with Crippen LogP contribution in [0.5, 0.6) is 5.75 Å². The van der Waals surface area contributed by atoms with Crippen LogP contribution in [0, 0.1) is 0 Å². The molecule has 0 saturated carbocycles. The number of fused-ring (bicyclic) bond motifs is 1. The molecule has 0 bridgehead atoms. The van der Waals surface area contributed by atoms with Crippen molar-refractivity contribution in [2.24, 2.45) is 0 Å². The van der Waals surface area contributed by atoms with Crippen LogP contribution in [-0.4, -0.2) is 22.3 Å². The van der Waals surface area contributed by atoms with Gasteiger partial charge in [-0.1, -0.05) is 13.8 Å². The van der Waals surface area contributed by atoms with E-state index in [2.05, 4.69) is 18.8 Å². The summed E-state index contributed by atoms with van der Waals surface area (Å²) < 4.78 is 7.57. The van der Waals surface area contributed by atoms with E-state index >= 15 is 0 Å². The van der Waals surface area contributed by atoms with E-state index in [9.17, 15) is 4.79 Å². The van der Waals surface area contributed by atoms with Gasteiger partial charge in [0.15, 0.2) is 11.2 Å². The van der Waals surface area contributed by atoms with Crippen molar-refractivity contribution in [2.75, 3.05) is 6.61 Å². The molecule has 5 heteroatoms. The van der Waals surface area contributed by atoms with E-state index in [1.54, 1.807) is 17.5 Å². The van der Waals surface area contributed by atoms with Gasteiger partial charge in [0.05, 0.1) is 18.5 Å². The number of imidazole rings is 1. The molecule has 0 radical (unpaired) electrons. The van der Waals surface area contributed by atoms with Crippen molar-refractivity contribution in [3.63, 3.8) is 0 Å². The van der Waals surface area contributed by atoms with E-state index < -0.39 is 0 Å². The maximum Gasteiger partial charge on any atom is 0.194 e. The van der Waals surface area contributed by atoms with Gasteiger partial charge < -0.3 is 4.74 Å². The smallest absolute Gasteiger partial charge is 0.194 e. The maximum atomic E-state index is 11.3. The van der Waals surface area contributed by atoms with Gasteiger partial charge in [-0.2, -0.15) is 0 Å². The summed E-state index contributed by atoms with van der Waals surface area (Å²) in [7, 11) is 0. The number of rotatable bonds is 6. The molecule has 0 aliphatic heterocycles. The SMILES string of the molecule is CCCOc1ccc(-c2c(CC)sc3ncc(C=O)n23)cc1. The number of carbonyl (C=O) groups excluding carboxylic acids is 1. The van der Waals surface area contributed by atoms with Gasteiger partial charge in [0.2, 0.25) is 0 Å². The van der Waals surface area contributed by atoms with Gasteiger partial charge in [0, 0.05) is 4.88 Å². The van der Waals surface area contributed by atoms with Crippen LogP contribution in [0.25, 0.3) is 16.2 Å². The van der Waals surface area contributed by atoms with E-state index in [-0.39, 0.29) is 0 Å². The number of aromatic nitrogens is 2. The first-order valence-electron chi connectivity index (χ1n) is 7.46. The molecule has 3 rings (SSSR count). The van der Waals surface area contributed by atoms with Crippen molar-refractivity contribution in [3.05, 3.63) is 41.0 Å². The average molecular weight is 314 g/mol. The third kappa shape index (κ3) is 2.52. The van der Waals surface area contributed by atoms with Crippen LogP contribution in [-0.2, 0) is 6.42 Å². The van der Waals surface area contributed by atoms with Crippen LogP contribution in [0.3, 0.4) is 0 Å². The molecular formula is C17H18N2O2S. The Morgan fingerprint density at radius 1 is 1.27 bits per heavy atom. The fourth-order valence-electron chi connectivity index (χ4n) is 2.47. The monoisotopic (exact) mass is 314 g/mol. The van der Waals surface area contributed by atoms with Crippen LogP contribution in [0.4, 0.5) is 0 Å². The summed E-state index contributed by atoms with van der Waals surface area (Å²) in [5.41, 5.74) is 2.73. The minimum Gasteiger partial charge on any atom is -0.494 e. The van der Waals surface area contributed by atoms with Crippen LogP contribution >= 0.6 is 11.3 Å². The number of aldehydes is 1. The van der Waals surface area contributed by atoms with Gasteiger partial charge in [-0.15, -0.1) is 11.3 Å². The molecule has 0 aliphatic carbocycles. The Kier molecular flexibility index (Phi) is 4.24. The topological polar surface area (TPSA) is 43.6 Å². The molecule has 22 heavy (non-hydrogen) atoms. The van der Waals surface area contributed by atoms with E-state index in [1.807, 2.05) is 28.7 Å². The lowest BCUT2D eigenvalue weighted by atomic mass is 10.1. The second-order valence-electron chi connectivity index (χ2n) is 5.02. The lowest BCUT2D eigenvalue weighted by Gasteiger charge is -2.07. The van der Waals surface area contributed by atoms with Crippen molar-refractivity contribution in [1.29, 1.82) is 0 Å². The second-order valence-corrected chi connectivity index (χ2v) is 6.08. The molecule has 1 aromatic carbocycles. The molecule has 3 aromatic rings. The molecule has 0 unspecified atom stereocenters. The molecular weight excluding hydrogens is 296 g/mol. The Morgan fingerprint density at radius 3 is 2.68 bits per heavy atom. The Hall–Kier alpha value is -2.14. The molecule has 0 spiro atoms. The van der Waals surface area contributed by atoms with Crippen molar-refractivity contribution in [3.8, 4) is 17.0 Å². The number of carbonyl (C=O) groups is 1. The fourth-order valence-corrected chi connectivity index (χ4v) is 3.53. The molecule has 4 nitrogen and oxygen atoms in total. The van der Waals surface area contributed by atoms with Crippen molar-refractivity contribution in [2.45, 2.75) is 26.7 Å². The van der Waals surface area contributed by atoms with Gasteiger partial charge in [-0.05, 0) is 42.7 Å². The summed E-state index contributed by atoms with van der Waals surface area (Å²) in [6, 6.07) is 8.04. The molecule has 0 fully saturated rings. The molecule has 0 saturated heterocycles. The fraction of sp³-hybridized carbons (Fsp3) is 0.294. The summed E-state index contributed by atoms with van der Waals surface area (Å²) in [5, 5.41) is 0. The highest BCUT2D eigenvalue weighted by Gasteiger charge is 2.16. The minimum atomic E-state index is 0.590. The van der Waals surface area contributed by atoms with Gasteiger partial charge in [0.25, 0.3) is 0 Å². The lowest BCUT2D eigenvalue weighted by molar-refractivity contribution is 0.111. The first-order chi connectivity index (χ1) is 10.8. The van der Waals surface area contributed by atoms with Crippen LogP contribution in [0.1, 0.15) is 35.6 Å². The molecule has 0 atom stereocenters. The Morgan fingerprint density at radius 2 is 2.05 bits per heavy atom. The molecule has 2 aromatic heterocycles. The molecule has 114 valence electrons. The standard InChI is InChI=1S/C17H18N2O2S/c1-3-9-21-14-7-5-12(6-8-14)16-15(4-2)22-17-18-10-13(11-20)19(16)17/h5-8,10-11H,3-4,9H2,1-2H3. The van der Waals surface area contributed by atoms with Gasteiger partial charge in [-0.3, -0.25) is 9.20 Å². The highest BCUT2D eigenvalue weighted by Crippen LogP contribution is 2.33. The summed E-state index contributed by atoms with van der Waals surface area (Å²) in [4.78, 5) is 17.7. The third-order valence-electron chi connectivity index (χ3n) is 3.50. The first-order valence-corrected chi connectivity index (χ1v) is 8.27. The second kappa shape index (κ2) is 6.32. The number of aryl methyl sites for hydroxylation is 1. The highest BCUT2D eigenvalue weighted by atomic mass is 32.1. The Bertz CT molecular complexity index is 787. The van der Waals surface area contributed by atoms with E-state index in [4.69, 9.17) is 4.74 Å². The van der Waals surface area contributed by atoms with Crippen LogP contribution in [0.2, 0.25) is 0 Å². The van der Waals surface area contributed by atoms with Crippen molar-refractivity contribution < 1.29 is 9.53 Å². The summed E-state index contributed by atoms with van der Waals surface area (Å²) in [5.74, 6) is 0.872. The first kappa shape index (κ1) is 14.8. The zero-order valence-corrected chi connectivity index (χ0v) is 13.5. The predicted octanol–water partition coefficient (Wildman–Crippen LogP) is 4.23. The molecule has 0 amide bonds. The molecule has 0 N–H and O–H groups in total. The number of benzene rings is 1. The minimum absolute atomic E-state index is 0.590. The summed E-state index contributed by atoms with van der Waals surface area (Å²) in [6.07, 6.45) is 4.38. The number of nitrogens with zero attached hydrogens (tertiary/aromatic N) is 2. The summed E-state index contributed by atoms with van der Waals surface area (Å²) in [6.45, 7) is 4.93. The van der Waals surface area contributed by atoms with E-state index in [0.29, 0.717) is 5.69 Å². The van der Waals surface area contributed by atoms with Crippen LogP contribution < -0.4 is 4.74 Å². The number of hydrogen-bond acceptors (Lipinski definition) is 4. The van der Waals surface area contributed by atoms with E-state index in [1.165, 1.54) is 4.88 Å². The number of hydrogen-bond donors (Lipinski definition) is 0. The molecule has 0 aliphatic rings. The maximum absolute atomic E-state index is 11.3. The van der Waals surface area contributed by atoms with Gasteiger partial charge in [0.1, 0.15) is 11.4 Å². The van der Waals surface area contributed by atoms with Gasteiger partial charge in [-0.25, -0.2) is 4.98 Å². The highest BCUT2D eigenvalue weighted by molar-refractivity contribution is 7.17. The zero-order chi connectivity index (χ0) is 15.5. The van der Waals surface area contributed by atoms with Gasteiger partial charge >= 0.3 is 0 Å². The normalized spacial score (nSPS) is 11.0. The van der Waals surface area contributed by atoms with Crippen LogP contribution in [0.15, 0.2) is 30.5 Å². The molecule has 2 heterocycles.